The van der Waals surface area contributed by atoms with Crippen LogP contribution in [0, 0.1) is 6.92 Å². The van der Waals surface area contributed by atoms with Crippen LogP contribution >= 0.6 is 0 Å². The molecule has 3 aromatic rings. The third-order valence-electron chi connectivity index (χ3n) is 6.24. The second-order valence-electron chi connectivity index (χ2n) is 8.64. The first-order valence-corrected chi connectivity index (χ1v) is 13.9. The molecular weight excluding hydrogens is 494 g/mol. The van der Waals surface area contributed by atoms with Crippen LogP contribution in [-0.4, -0.2) is 78.9 Å². The van der Waals surface area contributed by atoms with E-state index in [1.54, 1.807) is 25.1 Å². The molecule has 3 heterocycles. The van der Waals surface area contributed by atoms with Crippen molar-refractivity contribution in [1.82, 2.24) is 23.8 Å². The number of piperazine rings is 1. The summed E-state index contributed by atoms with van der Waals surface area (Å²) in [6.45, 7) is 12.9. The van der Waals surface area contributed by atoms with Crippen molar-refractivity contribution in [2.45, 2.75) is 52.4 Å². The number of aromatic amines is 1. The monoisotopic (exact) mass is 531 g/mol. The molecule has 0 radical (unpaired) electrons. The van der Waals surface area contributed by atoms with Gasteiger partial charge in [0, 0.05) is 26.2 Å². The zero-order valence-corrected chi connectivity index (χ0v) is 23.3. The van der Waals surface area contributed by atoms with E-state index in [1.165, 1.54) is 4.52 Å². The molecule has 1 fully saturated rings. The fraction of sp³-hybridized carbons (Fsp3) is 0.500. The summed E-state index contributed by atoms with van der Waals surface area (Å²) in [7, 11) is 0.661. The number of ether oxygens (including phenoxy) is 1. The molecule has 1 atom stereocenters. The van der Waals surface area contributed by atoms with Crippen molar-refractivity contribution in [2.75, 3.05) is 39.8 Å². The van der Waals surface area contributed by atoms with E-state index in [4.69, 9.17) is 4.74 Å². The number of carboxylic acid groups (broad SMARTS) is 1. The Labute approximate surface area is 219 Å². The molecule has 11 heteroatoms. The molecular formula is C26H37N5O5S. The number of H-pyrrole nitrogens is 1. The van der Waals surface area contributed by atoms with E-state index in [2.05, 4.69) is 15.0 Å². The van der Waals surface area contributed by atoms with Gasteiger partial charge in [0.15, 0.2) is 5.82 Å². The summed E-state index contributed by atoms with van der Waals surface area (Å²) in [5.74, 6) is -0.363. The Bertz CT molecular complexity index is 1340. The maximum absolute atomic E-state index is 13.3. The molecule has 202 valence electrons. The van der Waals surface area contributed by atoms with Gasteiger partial charge in [0.25, 0.3) is 5.56 Å². The number of benzene rings is 1. The predicted octanol–water partition coefficient (Wildman–Crippen LogP) is 3.34. The third kappa shape index (κ3) is 5.78. The van der Waals surface area contributed by atoms with Crippen molar-refractivity contribution >= 4 is 22.5 Å². The second kappa shape index (κ2) is 12.5. The predicted molar refractivity (Wildman–Crippen MR) is 145 cm³/mol. The number of carboxylic acids is 1. The number of nitrogens with zero attached hydrogens (tertiary/aromatic N) is 4. The summed E-state index contributed by atoms with van der Waals surface area (Å²) < 4.78 is 22.5. The van der Waals surface area contributed by atoms with Gasteiger partial charge in [-0.05, 0) is 51.1 Å². The van der Waals surface area contributed by atoms with Gasteiger partial charge < -0.3 is 19.7 Å². The Morgan fingerprint density at radius 1 is 1.19 bits per heavy atom. The Kier molecular flexibility index (Phi) is 9.63. The van der Waals surface area contributed by atoms with E-state index in [1.807, 2.05) is 39.0 Å². The minimum Gasteiger partial charge on any atom is -0.493 e. The molecule has 1 saturated heterocycles. The number of nitrogens with one attached hydrogen (secondary N) is 1. The van der Waals surface area contributed by atoms with Crippen LogP contribution < -0.4 is 10.3 Å². The molecule has 1 aliphatic rings. The maximum atomic E-state index is 13.3. The molecule has 10 nitrogen and oxygen atoms in total. The van der Waals surface area contributed by atoms with Crippen LogP contribution in [0.15, 0.2) is 27.9 Å². The summed E-state index contributed by atoms with van der Waals surface area (Å²) in [6, 6.07) is 5.24. The quantitative estimate of drug-likeness (QED) is 0.457. The number of aryl methyl sites for hydroxylation is 2. The van der Waals surface area contributed by atoms with Crippen molar-refractivity contribution in [3.63, 3.8) is 0 Å². The highest BCUT2D eigenvalue weighted by Gasteiger charge is 2.26. The minimum atomic E-state index is -1.38. The third-order valence-corrected chi connectivity index (χ3v) is 7.73. The zero-order chi connectivity index (χ0) is 27.3. The van der Waals surface area contributed by atoms with Gasteiger partial charge in [0.05, 0.1) is 28.3 Å². The zero-order valence-electron chi connectivity index (χ0n) is 22.5. The minimum absolute atomic E-state index is 0.108. The molecule has 1 aliphatic heterocycles. The fourth-order valence-corrected chi connectivity index (χ4v) is 5.66. The first-order chi connectivity index (χ1) is 17.8. The van der Waals surface area contributed by atoms with Gasteiger partial charge >= 0.3 is 5.97 Å². The average molecular weight is 532 g/mol. The second-order valence-corrected chi connectivity index (χ2v) is 10.1. The highest BCUT2D eigenvalue weighted by Crippen LogP contribution is 2.31. The Morgan fingerprint density at radius 2 is 1.86 bits per heavy atom. The van der Waals surface area contributed by atoms with Crippen LogP contribution in [0.2, 0.25) is 0 Å². The van der Waals surface area contributed by atoms with Gasteiger partial charge in [-0.1, -0.05) is 27.2 Å². The molecule has 0 aliphatic carbocycles. The van der Waals surface area contributed by atoms with Gasteiger partial charge in [0.2, 0.25) is 0 Å². The smallest absolute Gasteiger partial charge is 0.337 e. The number of carbonyl (C=O) groups is 1. The number of aromatic nitrogens is 3. The van der Waals surface area contributed by atoms with Crippen molar-refractivity contribution in [3.05, 3.63) is 45.4 Å². The first kappa shape index (κ1) is 28.5. The maximum Gasteiger partial charge on any atom is 0.337 e. The van der Waals surface area contributed by atoms with E-state index < -0.39 is 22.5 Å². The van der Waals surface area contributed by atoms with Gasteiger partial charge in [-0.3, -0.25) is 4.79 Å². The van der Waals surface area contributed by atoms with Crippen LogP contribution in [0.25, 0.3) is 16.9 Å². The lowest BCUT2D eigenvalue weighted by Gasteiger charge is -2.31. The van der Waals surface area contributed by atoms with Crippen molar-refractivity contribution in [3.8, 4) is 17.1 Å². The summed E-state index contributed by atoms with van der Waals surface area (Å²) in [5.41, 5.74) is 1.25. The number of fused-ring (bicyclic) bond motifs is 1. The molecule has 0 amide bonds. The molecule has 1 unspecified atom stereocenters. The molecule has 2 aromatic heterocycles. The SMILES string of the molecule is CC.CCCc1c(C(=O)O)c(C)c2c(=O)[nH]c(-c3cc(S(=O)N4CCN(C)CC4)ccc3OCC)nn12. The highest BCUT2D eigenvalue weighted by atomic mass is 32.2. The number of rotatable bonds is 8. The van der Waals surface area contributed by atoms with Gasteiger partial charge in [-0.2, -0.15) is 0 Å². The van der Waals surface area contributed by atoms with Crippen LogP contribution in [0.1, 0.15) is 55.7 Å². The normalized spacial score (nSPS) is 15.3. The molecule has 0 saturated carbocycles. The van der Waals surface area contributed by atoms with E-state index in [0.717, 1.165) is 13.1 Å². The van der Waals surface area contributed by atoms with Crippen LogP contribution in [0.3, 0.4) is 0 Å². The van der Waals surface area contributed by atoms with E-state index in [9.17, 15) is 18.9 Å². The largest absolute Gasteiger partial charge is 0.493 e. The average Bonchev–Trinajstić information content (AvgIpc) is 3.17. The Hall–Kier alpha value is -3.02. The lowest BCUT2D eigenvalue weighted by Crippen LogP contribution is -2.45. The topological polar surface area (TPSA) is 120 Å². The van der Waals surface area contributed by atoms with Gasteiger partial charge in [-0.15, -0.1) is 5.10 Å². The number of likely N-dealkylation sites (N-methyl/N-ethyl adjacent to an activating group) is 1. The standard InChI is InChI=1S/C24H31N5O5S.C2H6/c1-5-7-18-20(24(31)32)15(3)21-23(30)25-22(26-29(18)21)17-14-16(8-9-19(17)34-6-2)35(33)28-12-10-27(4)11-13-28;1-2/h8-9,14H,5-7,10-13H2,1-4H3,(H,31,32)(H,25,26,30);1-2H3. The van der Waals surface area contributed by atoms with Gasteiger partial charge in [0.1, 0.15) is 22.3 Å². The molecule has 2 N–H and O–H groups in total. The lowest BCUT2D eigenvalue weighted by molar-refractivity contribution is 0.0695. The van der Waals surface area contributed by atoms with Crippen molar-refractivity contribution in [1.29, 1.82) is 0 Å². The Morgan fingerprint density at radius 3 is 2.46 bits per heavy atom. The summed E-state index contributed by atoms with van der Waals surface area (Å²) in [4.78, 5) is 30.7. The fourth-order valence-electron chi connectivity index (χ4n) is 4.46. The van der Waals surface area contributed by atoms with Crippen molar-refractivity contribution < 1.29 is 18.8 Å². The number of hydrogen-bond acceptors (Lipinski definition) is 6. The Balaban J connectivity index is 0.00000186. The van der Waals surface area contributed by atoms with E-state index in [0.29, 0.717) is 60.0 Å². The number of aromatic carboxylic acids is 1. The molecule has 1 aromatic carbocycles. The van der Waals surface area contributed by atoms with Crippen LogP contribution in [0.4, 0.5) is 0 Å². The first-order valence-electron chi connectivity index (χ1n) is 12.8. The highest BCUT2D eigenvalue weighted by molar-refractivity contribution is 7.82. The molecule has 37 heavy (non-hydrogen) atoms. The number of hydrogen-bond donors (Lipinski definition) is 2. The molecule has 0 spiro atoms. The summed E-state index contributed by atoms with van der Waals surface area (Å²) in [6.07, 6.45) is 1.15. The lowest BCUT2D eigenvalue weighted by atomic mass is 10.1. The summed E-state index contributed by atoms with van der Waals surface area (Å²) >= 11 is 0. The van der Waals surface area contributed by atoms with E-state index >= 15 is 0 Å². The van der Waals surface area contributed by atoms with Crippen LogP contribution in [0.5, 0.6) is 5.75 Å². The molecule has 4 rings (SSSR count). The van der Waals surface area contributed by atoms with Crippen molar-refractivity contribution in [2.24, 2.45) is 0 Å². The molecule has 0 bridgehead atoms. The van der Waals surface area contributed by atoms with Crippen LogP contribution in [-0.2, 0) is 17.4 Å². The van der Waals surface area contributed by atoms with Gasteiger partial charge in [-0.25, -0.2) is 17.8 Å². The van der Waals surface area contributed by atoms with E-state index in [-0.39, 0.29) is 16.9 Å². The summed E-state index contributed by atoms with van der Waals surface area (Å²) in [5, 5.41) is 14.4.